The molecule has 3 unspecified atom stereocenters. The molecule has 13 N–H and O–H groups in total. The monoisotopic (exact) mass is 963 g/mol. The molecule has 0 radical (unpaired) electrons. The van der Waals surface area contributed by atoms with Gasteiger partial charge in [0.2, 0.25) is 0 Å². The number of ether oxygens (including phenoxy) is 6. The van der Waals surface area contributed by atoms with E-state index in [9.17, 15) is 66.4 Å². The van der Waals surface area contributed by atoms with Crippen LogP contribution < -0.4 is 0 Å². The lowest BCUT2D eigenvalue weighted by atomic mass is 9.38. The van der Waals surface area contributed by atoms with Crippen LogP contribution in [0.15, 0.2) is 11.6 Å². The van der Waals surface area contributed by atoms with Crippen molar-refractivity contribution in [2.45, 2.75) is 223 Å². The Morgan fingerprint density at radius 3 is 1.72 bits per heavy atom. The lowest BCUT2D eigenvalue weighted by molar-refractivity contribution is -0.375. The molecular formula is C48H82O19. The number of hydrogen-bond donors (Lipinski definition) is 13. The van der Waals surface area contributed by atoms with Gasteiger partial charge in [-0.2, -0.15) is 0 Å². The van der Waals surface area contributed by atoms with Crippen molar-refractivity contribution in [3.05, 3.63) is 11.6 Å². The van der Waals surface area contributed by atoms with Gasteiger partial charge in [-0.1, -0.05) is 53.2 Å². The van der Waals surface area contributed by atoms with Gasteiger partial charge in [-0.25, -0.2) is 0 Å². The van der Waals surface area contributed by atoms with Gasteiger partial charge >= 0.3 is 0 Å². The molecule has 7 aliphatic rings. The Morgan fingerprint density at radius 2 is 1.18 bits per heavy atom. The maximum Gasteiger partial charge on any atom is 0.187 e. The van der Waals surface area contributed by atoms with Gasteiger partial charge in [0.05, 0.1) is 43.7 Å². The van der Waals surface area contributed by atoms with Gasteiger partial charge in [0, 0.05) is 10.8 Å². The first-order valence-corrected chi connectivity index (χ1v) is 24.5. The zero-order chi connectivity index (χ0) is 49.5. The maximum absolute atomic E-state index is 12.6. The fourth-order valence-electron chi connectivity index (χ4n) is 14.2. The molecule has 7 rings (SSSR count). The number of allylic oxidation sites excluding steroid dienone is 1. The molecule has 19 heteroatoms. The zero-order valence-corrected chi connectivity index (χ0v) is 40.3. The molecule has 3 aliphatic heterocycles. The molecule has 3 saturated heterocycles. The zero-order valence-electron chi connectivity index (χ0n) is 40.3. The first kappa shape index (κ1) is 53.8. The van der Waals surface area contributed by atoms with Crippen molar-refractivity contribution in [3.63, 3.8) is 0 Å². The SMILES string of the molecule is C[C@H](CC[C@@H](O[C@@H]1O[C@H](CO)[C@@H](O)[C@H](O)[C@H]1O[C@H]1O[C@@H](CO)[C@H](O)[C@@H](O)[C@@H]1O)C(C)(C)O)C1CC[C@@]2(C)C3CC=C4C(CC[C@H](O[C@@H]5O[C@H](CO)[C@@H](O)[C@H](O)[C@H]5O)C4(C)C)[C@]3(C)[C@H](O)C[C@]12C. The minimum atomic E-state index is -1.83. The van der Waals surface area contributed by atoms with Crippen molar-refractivity contribution in [2.24, 2.45) is 45.3 Å². The third-order valence-electron chi connectivity index (χ3n) is 18.7. The Hall–Kier alpha value is -1.02. The summed E-state index contributed by atoms with van der Waals surface area (Å²) in [5, 5.41) is 139. The minimum absolute atomic E-state index is 0.0500. The van der Waals surface area contributed by atoms with Gasteiger partial charge in [-0.15, -0.1) is 0 Å². The lowest BCUT2D eigenvalue weighted by Gasteiger charge is -2.67. The second-order valence-corrected chi connectivity index (χ2v) is 23.0. The fraction of sp³-hybridized carbons (Fsp3) is 0.958. The standard InChI is InChI=1S/C48H82O19/c1-21(9-13-31(45(4,5)61)66-43-40(37(58)34(55)27(20-51)64-43)67-42-39(60)36(57)33(54)26(19-50)63-42)22-15-16-46(6)28-12-10-23-24(48(28,8)29(52)17-47(22,46)7)11-14-30(44(23,2)3)65-41-38(59)35(56)32(53)25(18-49)62-41/h10,21-22,24-43,49-61H,9,11-20H2,1-8H3/t21-,22?,24?,25-,26+,27-,28?,29-,30+,31-,32-,33+,34-,35+,36-,37+,38-,39+,40-,41+,42-,43+,46+,47-,48+/m1/s1. The van der Waals surface area contributed by atoms with Gasteiger partial charge < -0.3 is 94.8 Å². The Bertz CT molecular complexity index is 1710. The molecule has 3 saturated carbocycles. The van der Waals surface area contributed by atoms with Crippen molar-refractivity contribution in [2.75, 3.05) is 19.8 Å². The summed E-state index contributed by atoms with van der Waals surface area (Å²) in [4.78, 5) is 0. The third-order valence-corrected chi connectivity index (χ3v) is 18.7. The number of fused-ring (bicyclic) bond motifs is 5. The molecule has 19 nitrogen and oxygen atoms in total. The van der Waals surface area contributed by atoms with Gasteiger partial charge in [-0.05, 0) is 99.7 Å². The van der Waals surface area contributed by atoms with Gasteiger partial charge in [0.1, 0.15) is 73.2 Å². The van der Waals surface area contributed by atoms with Crippen molar-refractivity contribution in [3.8, 4) is 0 Å². The van der Waals surface area contributed by atoms with Crippen molar-refractivity contribution < 1.29 is 94.8 Å². The third kappa shape index (κ3) is 9.13. The highest BCUT2D eigenvalue weighted by Gasteiger charge is 2.70. The normalized spacial score (nSPS) is 51.0. The number of aliphatic hydroxyl groups excluding tert-OH is 12. The quantitative estimate of drug-likeness (QED) is 0.0924. The summed E-state index contributed by atoms with van der Waals surface area (Å²) in [6.07, 6.45) is -17.3. The highest BCUT2D eigenvalue weighted by Crippen LogP contribution is 2.75. The van der Waals surface area contributed by atoms with Crippen LogP contribution in [-0.4, -0.2) is 202 Å². The molecule has 0 aromatic carbocycles. The van der Waals surface area contributed by atoms with E-state index >= 15 is 0 Å². The Kier molecular flexibility index (Phi) is 15.9. The summed E-state index contributed by atoms with van der Waals surface area (Å²) < 4.78 is 35.9. The molecule has 388 valence electrons. The Morgan fingerprint density at radius 1 is 0.657 bits per heavy atom. The first-order valence-electron chi connectivity index (χ1n) is 24.5. The number of rotatable bonds is 14. The summed E-state index contributed by atoms with van der Waals surface area (Å²) in [6, 6.07) is 0. The number of hydrogen-bond acceptors (Lipinski definition) is 19. The van der Waals surface area contributed by atoms with Crippen LogP contribution in [0.5, 0.6) is 0 Å². The summed E-state index contributed by atoms with van der Waals surface area (Å²) in [7, 11) is 0. The molecule has 0 aromatic heterocycles. The lowest BCUT2D eigenvalue weighted by Crippen LogP contribution is -2.65. The molecule has 67 heavy (non-hydrogen) atoms. The van der Waals surface area contributed by atoms with Crippen molar-refractivity contribution in [1.82, 2.24) is 0 Å². The molecule has 25 atom stereocenters. The van der Waals surface area contributed by atoms with Crippen LogP contribution in [0.3, 0.4) is 0 Å². The molecule has 4 aliphatic carbocycles. The van der Waals surface area contributed by atoms with E-state index in [1.54, 1.807) is 13.8 Å². The average Bonchev–Trinajstić information content (AvgIpc) is 3.54. The highest BCUT2D eigenvalue weighted by atomic mass is 16.8. The Balaban J connectivity index is 1.06. The predicted molar refractivity (Wildman–Crippen MR) is 235 cm³/mol. The van der Waals surface area contributed by atoms with Gasteiger partial charge in [0.25, 0.3) is 0 Å². The van der Waals surface area contributed by atoms with E-state index in [1.165, 1.54) is 5.57 Å². The van der Waals surface area contributed by atoms with Crippen molar-refractivity contribution >= 4 is 0 Å². The topological polar surface area (TPSA) is 318 Å². The molecule has 6 fully saturated rings. The predicted octanol–water partition coefficient (Wildman–Crippen LogP) is -1.06. The van der Waals surface area contributed by atoms with Gasteiger partial charge in [0.15, 0.2) is 18.9 Å². The van der Waals surface area contributed by atoms with Crippen LogP contribution in [0.4, 0.5) is 0 Å². The van der Waals surface area contributed by atoms with E-state index in [0.29, 0.717) is 25.7 Å². The van der Waals surface area contributed by atoms with Crippen molar-refractivity contribution in [1.29, 1.82) is 0 Å². The Labute approximate surface area is 393 Å². The van der Waals surface area contributed by atoms with E-state index in [2.05, 4.69) is 47.6 Å². The van der Waals surface area contributed by atoms with E-state index in [1.807, 2.05) is 0 Å². The molecule has 3 heterocycles. The molecule has 0 aromatic rings. The van der Waals surface area contributed by atoms with Crippen LogP contribution in [0.1, 0.15) is 107 Å². The average molecular weight is 963 g/mol. The summed E-state index contributed by atoms with van der Waals surface area (Å²) in [6.45, 7) is 14.5. The summed E-state index contributed by atoms with van der Waals surface area (Å²) in [5.41, 5.74) is -1.70. The van der Waals surface area contributed by atoms with E-state index in [0.717, 1.165) is 25.7 Å². The smallest absolute Gasteiger partial charge is 0.187 e. The molecule has 0 spiro atoms. The van der Waals surface area contributed by atoms with E-state index in [-0.39, 0.29) is 34.5 Å². The van der Waals surface area contributed by atoms with Crippen LogP contribution in [0.25, 0.3) is 0 Å². The fourth-order valence-corrected chi connectivity index (χ4v) is 14.2. The van der Waals surface area contributed by atoms with E-state index in [4.69, 9.17) is 28.4 Å². The molecule has 0 bridgehead atoms. The maximum atomic E-state index is 12.6. The first-order chi connectivity index (χ1) is 31.2. The minimum Gasteiger partial charge on any atom is -0.394 e. The largest absolute Gasteiger partial charge is 0.394 e. The molecular weight excluding hydrogens is 881 g/mol. The van der Waals surface area contributed by atoms with Crippen LogP contribution in [0.2, 0.25) is 0 Å². The number of aliphatic hydroxyl groups is 13. The summed E-state index contributed by atoms with van der Waals surface area (Å²) in [5.74, 6) is 0.476. The second-order valence-electron chi connectivity index (χ2n) is 23.0. The summed E-state index contributed by atoms with van der Waals surface area (Å²) >= 11 is 0. The second kappa shape index (κ2) is 19.8. The van der Waals surface area contributed by atoms with E-state index < -0.39 is 147 Å². The highest BCUT2D eigenvalue weighted by molar-refractivity contribution is 5.32. The van der Waals surface area contributed by atoms with Crippen LogP contribution in [-0.2, 0) is 28.4 Å². The van der Waals surface area contributed by atoms with Gasteiger partial charge in [-0.3, -0.25) is 0 Å². The van der Waals surface area contributed by atoms with Crippen LogP contribution >= 0.6 is 0 Å². The molecule has 0 amide bonds. The van der Waals surface area contributed by atoms with Crippen LogP contribution in [0, 0.1) is 45.3 Å².